The van der Waals surface area contributed by atoms with E-state index in [-0.39, 0.29) is 11.9 Å². The van der Waals surface area contributed by atoms with Crippen LogP contribution in [0.5, 0.6) is 0 Å². The van der Waals surface area contributed by atoms with Crippen LogP contribution in [0.2, 0.25) is 0 Å². The molecule has 1 aliphatic heterocycles. The molecule has 1 aliphatic rings. The van der Waals surface area contributed by atoms with Gasteiger partial charge in [-0.2, -0.15) is 5.10 Å². The van der Waals surface area contributed by atoms with E-state index in [2.05, 4.69) is 22.2 Å². The number of aromatic nitrogens is 2. The van der Waals surface area contributed by atoms with Crippen molar-refractivity contribution < 1.29 is 4.79 Å². The lowest BCUT2D eigenvalue weighted by Gasteiger charge is -2.23. The van der Waals surface area contributed by atoms with Crippen molar-refractivity contribution >= 4 is 5.91 Å². The van der Waals surface area contributed by atoms with Crippen molar-refractivity contribution in [3.8, 4) is 5.69 Å². The zero-order valence-corrected chi connectivity index (χ0v) is 13.6. The molecule has 1 amide bonds. The molecule has 1 saturated heterocycles. The summed E-state index contributed by atoms with van der Waals surface area (Å²) in [5.41, 5.74) is 2.13. The number of hydrogen-bond donors (Lipinski definition) is 1. The van der Waals surface area contributed by atoms with Crippen molar-refractivity contribution in [3.05, 3.63) is 48.3 Å². The highest BCUT2D eigenvalue weighted by molar-refractivity contribution is 5.82. The van der Waals surface area contributed by atoms with Crippen LogP contribution >= 0.6 is 0 Å². The number of benzene rings is 1. The van der Waals surface area contributed by atoms with Gasteiger partial charge >= 0.3 is 0 Å². The number of hydrogen-bond acceptors (Lipinski definition) is 3. The Hall–Kier alpha value is -2.14. The SMILES string of the molecule is CCCN1CCCC1C(=O)NCc1ccc(-n2cccn2)cc1. The van der Waals surface area contributed by atoms with Crippen molar-refractivity contribution in [2.45, 2.75) is 38.8 Å². The van der Waals surface area contributed by atoms with Crippen LogP contribution in [-0.2, 0) is 11.3 Å². The number of likely N-dealkylation sites (tertiary alicyclic amines) is 1. The van der Waals surface area contributed by atoms with E-state index in [1.807, 2.05) is 41.2 Å². The summed E-state index contributed by atoms with van der Waals surface area (Å²) in [7, 11) is 0. The minimum Gasteiger partial charge on any atom is -0.351 e. The van der Waals surface area contributed by atoms with E-state index in [0.29, 0.717) is 6.54 Å². The molecule has 23 heavy (non-hydrogen) atoms. The number of carbonyl (C=O) groups excluding carboxylic acids is 1. The van der Waals surface area contributed by atoms with Crippen LogP contribution < -0.4 is 5.32 Å². The quantitative estimate of drug-likeness (QED) is 0.891. The Morgan fingerprint density at radius 3 is 2.87 bits per heavy atom. The fraction of sp³-hybridized carbons (Fsp3) is 0.444. The van der Waals surface area contributed by atoms with E-state index in [0.717, 1.165) is 43.6 Å². The lowest BCUT2D eigenvalue weighted by atomic mass is 10.1. The fourth-order valence-electron chi connectivity index (χ4n) is 3.17. The van der Waals surface area contributed by atoms with Gasteiger partial charge in [-0.05, 0) is 56.1 Å². The van der Waals surface area contributed by atoms with E-state index in [4.69, 9.17) is 0 Å². The van der Waals surface area contributed by atoms with Gasteiger partial charge in [-0.25, -0.2) is 4.68 Å². The first-order chi connectivity index (χ1) is 11.3. The highest BCUT2D eigenvalue weighted by atomic mass is 16.2. The predicted molar refractivity (Wildman–Crippen MR) is 90.3 cm³/mol. The normalized spacial score (nSPS) is 18.2. The molecule has 1 N–H and O–H groups in total. The molecule has 0 saturated carbocycles. The molecule has 2 heterocycles. The minimum atomic E-state index is 0.0540. The third kappa shape index (κ3) is 3.79. The Morgan fingerprint density at radius 2 is 2.17 bits per heavy atom. The summed E-state index contributed by atoms with van der Waals surface area (Å²) in [6, 6.07) is 10.1. The maximum absolute atomic E-state index is 12.4. The van der Waals surface area contributed by atoms with Gasteiger partial charge in [-0.15, -0.1) is 0 Å². The second-order valence-corrected chi connectivity index (χ2v) is 6.03. The molecule has 5 nitrogen and oxygen atoms in total. The largest absolute Gasteiger partial charge is 0.351 e. The number of nitrogens with zero attached hydrogens (tertiary/aromatic N) is 3. The lowest BCUT2D eigenvalue weighted by Crippen LogP contribution is -2.43. The third-order valence-corrected chi connectivity index (χ3v) is 4.35. The van der Waals surface area contributed by atoms with Gasteiger partial charge in [0.25, 0.3) is 0 Å². The summed E-state index contributed by atoms with van der Waals surface area (Å²) >= 11 is 0. The van der Waals surface area contributed by atoms with Crippen LogP contribution in [0, 0.1) is 0 Å². The summed E-state index contributed by atoms with van der Waals surface area (Å²) in [6.45, 7) is 4.80. The Labute approximate surface area is 137 Å². The molecule has 122 valence electrons. The second kappa shape index (κ2) is 7.42. The Balaban J connectivity index is 1.54. The molecular formula is C18H24N4O. The van der Waals surface area contributed by atoms with E-state index >= 15 is 0 Å². The number of carbonyl (C=O) groups is 1. The molecule has 0 radical (unpaired) electrons. The van der Waals surface area contributed by atoms with Crippen molar-refractivity contribution in [2.24, 2.45) is 0 Å². The van der Waals surface area contributed by atoms with Crippen LogP contribution in [0.4, 0.5) is 0 Å². The van der Waals surface area contributed by atoms with Gasteiger partial charge in [0.15, 0.2) is 0 Å². The summed E-state index contributed by atoms with van der Waals surface area (Å²) in [5.74, 6) is 0.159. The Bertz CT molecular complexity index is 621. The molecular weight excluding hydrogens is 288 g/mol. The first-order valence-electron chi connectivity index (χ1n) is 8.38. The molecule has 0 aliphatic carbocycles. The highest BCUT2D eigenvalue weighted by Crippen LogP contribution is 2.17. The lowest BCUT2D eigenvalue weighted by molar-refractivity contribution is -0.125. The van der Waals surface area contributed by atoms with Crippen LogP contribution in [-0.4, -0.2) is 39.7 Å². The molecule has 5 heteroatoms. The van der Waals surface area contributed by atoms with E-state index in [1.165, 1.54) is 0 Å². The summed E-state index contributed by atoms with van der Waals surface area (Å²) in [4.78, 5) is 14.7. The van der Waals surface area contributed by atoms with Crippen molar-refractivity contribution in [2.75, 3.05) is 13.1 Å². The Morgan fingerprint density at radius 1 is 1.35 bits per heavy atom. The molecule has 1 fully saturated rings. The zero-order valence-electron chi connectivity index (χ0n) is 13.6. The van der Waals surface area contributed by atoms with Gasteiger partial charge in [0, 0.05) is 18.9 Å². The van der Waals surface area contributed by atoms with E-state index in [9.17, 15) is 4.79 Å². The fourth-order valence-corrected chi connectivity index (χ4v) is 3.17. The molecule has 0 bridgehead atoms. The highest BCUT2D eigenvalue weighted by Gasteiger charge is 2.29. The molecule has 0 spiro atoms. The molecule has 1 aromatic heterocycles. The molecule has 3 rings (SSSR count). The monoisotopic (exact) mass is 312 g/mol. The maximum Gasteiger partial charge on any atom is 0.237 e. The molecule has 1 aromatic carbocycles. The topological polar surface area (TPSA) is 50.2 Å². The maximum atomic E-state index is 12.4. The molecule has 1 unspecified atom stereocenters. The van der Waals surface area contributed by atoms with Gasteiger partial charge in [0.1, 0.15) is 0 Å². The standard InChI is InChI=1S/C18H24N4O/c1-2-11-21-12-3-5-17(21)18(23)19-14-15-6-8-16(9-7-15)22-13-4-10-20-22/h4,6-10,13,17H,2-3,5,11-12,14H2,1H3,(H,19,23). The van der Waals surface area contributed by atoms with Gasteiger partial charge < -0.3 is 5.32 Å². The van der Waals surface area contributed by atoms with E-state index in [1.54, 1.807) is 6.20 Å². The van der Waals surface area contributed by atoms with Crippen LogP contribution in [0.25, 0.3) is 5.69 Å². The summed E-state index contributed by atoms with van der Waals surface area (Å²) in [5, 5.41) is 7.29. The smallest absolute Gasteiger partial charge is 0.237 e. The Kier molecular flexibility index (Phi) is 5.08. The van der Waals surface area contributed by atoms with Crippen molar-refractivity contribution in [1.29, 1.82) is 0 Å². The average Bonchev–Trinajstić information content (AvgIpc) is 3.25. The summed E-state index contributed by atoms with van der Waals surface area (Å²) < 4.78 is 1.82. The van der Waals surface area contributed by atoms with Gasteiger partial charge in [-0.1, -0.05) is 19.1 Å². The molecule has 2 aromatic rings. The van der Waals surface area contributed by atoms with Crippen LogP contribution in [0.3, 0.4) is 0 Å². The number of amides is 1. The van der Waals surface area contributed by atoms with Crippen molar-refractivity contribution in [3.63, 3.8) is 0 Å². The number of rotatable bonds is 6. The molecule has 1 atom stereocenters. The van der Waals surface area contributed by atoms with Gasteiger partial charge in [-0.3, -0.25) is 9.69 Å². The zero-order chi connectivity index (χ0) is 16.1. The predicted octanol–water partition coefficient (Wildman–Crippen LogP) is 2.36. The summed E-state index contributed by atoms with van der Waals surface area (Å²) in [6.07, 6.45) is 6.87. The first kappa shape index (κ1) is 15.7. The second-order valence-electron chi connectivity index (χ2n) is 6.03. The van der Waals surface area contributed by atoms with E-state index < -0.39 is 0 Å². The first-order valence-corrected chi connectivity index (χ1v) is 8.38. The number of nitrogens with one attached hydrogen (secondary N) is 1. The van der Waals surface area contributed by atoms with Gasteiger partial charge in [0.2, 0.25) is 5.91 Å². The van der Waals surface area contributed by atoms with Crippen LogP contribution in [0.1, 0.15) is 31.7 Å². The van der Waals surface area contributed by atoms with Gasteiger partial charge in [0.05, 0.1) is 11.7 Å². The van der Waals surface area contributed by atoms with Crippen LogP contribution in [0.15, 0.2) is 42.7 Å². The van der Waals surface area contributed by atoms with Crippen molar-refractivity contribution in [1.82, 2.24) is 20.0 Å². The third-order valence-electron chi connectivity index (χ3n) is 4.35. The minimum absolute atomic E-state index is 0.0540. The average molecular weight is 312 g/mol.